The molecule has 2 aromatic rings. The SMILES string of the molecule is Cc1ccc(C)c(NC(=O)[C@H](C)OC(=O)Cn2cnnn2)c1. The van der Waals surface area contributed by atoms with Gasteiger partial charge in [-0.2, -0.15) is 0 Å². The highest BCUT2D eigenvalue weighted by Crippen LogP contribution is 2.16. The molecule has 0 radical (unpaired) electrons. The maximum atomic E-state index is 12.1. The number of nitrogens with zero attached hydrogens (tertiary/aromatic N) is 4. The van der Waals surface area contributed by atoms with E-state index < -0.39 is 18.0 Å². The number of esters is 1. The minimum Gasteiger partial charge on any atom is -0.451 e. The first-order valence-electron chi connectivity index (χ1n) is 6.74. The van der Waals surface area contributed by atoms with Gasteiger partial charge in [0.15, 0.2) is 6.10 Å². The van der Waals surface area contributed by atoms with Gasteiger partial charge >= 0.3 is 5.97 Å². The molecule has 0 unspecified atom stereocenters. The fourth-order valence-corrected chi connectivity index (χ4v) is 1.78. The normalized spacial score (nSPS) is 11.8. The minimum atomic E-state index is -0.913. The number of rotatable bonds is 5. The van der Waals surface area contributed by atoms with Crippen LogP contribution in [-0.2, 0) is 20.9 Å². The predicted octanol–water partition coefficient (Wildman–Crippen LogP) is 0.860. The summed E-state index contributed by atoms with van der Waals surface area (Å²) in [7, 11) is 0. The molecule has 116 valence electrons. The highest BCUT2D eigenvalue weighted by molar-refractivity contribution is 5.95. The summed E-state index contributed by atoms with van der Waals surface area (Å²) >= 11 is 0. The Morgan fingerprint density at radius 2 is 2.14 bits per heavy atom. The van der Waals surface area contributed by atoms with Gasteiger partial charge in [-0.25, -0.2) is 4.68 Å². The molecule has 2 rings (SSSR count). The fraction of sp³-hybridized carbons (Fsp3) is 0.357. The molecule has 0 aliphatic heterocycles. The summed E-state index contributed by atoms with van der Waals surface area (Å²) in [6, 6.07) is 5.74. The van der Waals surface area contributed by atoms with E-state index in [0.29, 0.717) is 5.69 Å². The molecular weight excluding hydrogens is 286 g/mol. The predicted molar refractivity (Wildman–Crippen MR) is 77.9 cm³/mol. The first-order valence-corrected chi connectivity index (χ1v) is 6.74. The molecule has 22 heavy (non-hydrogen) atoms. The van der Waals surface area contributed by atoms with Crippen molar-refractivity contribution < 1.29 is 14.3 Å². The average molecular weight is 303 g/mol. The Hall–Kier alpha value is -2.77. The zero-order valence-corrected chi connectivity index (χ0v) is 12.6. The van der Waals surface area contributed by atoms with Gasteiger partial charge in [-0.1, -0.05) is 12.1 Å². The Balaban J connectivity index is 1.91. The first-order chi connectivity index (χ1) is 10.5. The highest BCUT2D eigenvalue weighted by atomic mass is 16.5. The Morgan fingerprint density at radius 3 is 2.82 bits per heavy atom. The van der Waals surface area contributed by atoms with Gasteiger partial charge in [0.2, 0.25) is 0 Å². The number of anilines is 1. The van der Waals surface area contributed by atoms with Crippen LogP contribution in [0, 0.1) is 13.8 Å². The molecule has 1 atom stereocenters. The van der Waals surface area contributed by atoms with Crippen LogP contribution < -0.4 is 5.32 Å². The van der Waals surface area contributed by atoms with Gasteiger partial charge in [0.05, 0.1) is 0 Å². The number of nitrogens with one attached hydrogen (secondary N) is 1. The summed E-state index contributed by atoms with van der Waals surface area (Å²) < 4.78 is 6.28. The molecule has 1 amide bonds. The standard InChI is InChI=1S/C14H17N5O3/c1-9-4-5-10(2)12(6-9)16-14(21)11(3)22-13(20)7-19-8-15-17-18-19/h4-6,8,11H,7H2,1-3H3,(H,16,21)/t11-/m0/s1. The highest BCUT2D eigenvalue weighted by Gasteiger charge is 2.19. The Bertz CT molecular complexity index is 669. The topological polar surface area (TPSA) is 99.0 Å². The van der Waals surface area contributed by atoms with E-state index >= 15 is 0 Å². The Labute approximate surface area is 127 Å². The number of hydrogen-bond acceptors (Lipinski definition) is 6. The van der Waals surface area contributed by atoms with Crippen LogP contribution in [0.2, 0.25) is 0 Å². The van der Waals surface area contributed by atoms with Gasteiger partial charge in [0.1, 0.15) is 12.9 Å². The third kappa shape index (κ3) is 4.11. The molecule has 0 saturated carbocycles. The summed E-state index contributed by atoms with van der Waals surface area (Å²) in [6.45, 7) is 5.19. The molecule has 1 aromatic carbocycles. The van der Waals surface area contributed by atoms with E-state index in [1.54, 1.807) is 0 Å². The molecule has 1 aromatic heterocycles. The molecule has 0 spiro atoms. The van der Waals surface area contributed by atoms with Crippen molar-refractivity contribution in [1.29, 1.82) is 0 Å². The van der Waals surface area contributed by atoms with Crippen molar-refractivity contribution in [2.45, 2.75) is 33.4 Å². The molecule has 0 aliphatic rings. The number of amides is 1. The minimum absolute atomic E-state index is 0.145. The number of carbonyl (C=O) groups excluding carboxylic acids is 2. The van der Waals surface area contributed by atoms with Crippen molar-refractivity contribution >= 4 is 17.6 Å². The number of ether oxygens (including phenoxy) is 1. The van der Waals surface area contributed by atoms with Crippen LogP contribution in [0.5, 0.6) is 0 Å². The second-order valence-electron chi connectivity index (χ2n) is 4.95. The summed E-state index contributed by atoms with van der Waals surface area (Å²) in [6.07, 6.45) is 0.381. The van der Waals surface area contributed by atoms with E-state index in [1.807, 2.05) is 32.0 Å². The summed E-state index contributed by atoms with van der Waals surface area (Å²) in [5.41, 5.74) is 2.67. The fourth-order valence-electron chi connectivity index (χ4n) is 1.78. The van der Waals surface area contributed by atoms with Gasteiger partial charge in [0, 0.05) is 5.69 Å². The molecule has 0 bridgehead atoms. The van der Waals surface area contributed by atoms with Crippen LogP contribution in [0.25, 0.3) is 0 Å². The largest absolute Gasteiger partial charge is 0.451 e. The lowest BCUT2D eigenvalue weighted by Crippen LogP contribution is -2.31. The molecular formula is C14H17N5O3. The molecule has 1 N–H and O–H groups in total. The van der Waals surface area contributed by atoms with E-state index in [4.69, 9.17) is 4.74 Å². The maximum Gasteiger partial charge on any atom is 0.328 e. The van der Waals surface area contributed by atoms with Crippen molar-refractivity contribution in [3.8, 4) is 0 Å². The molecule has 1 heterocycles. The van der Waals surface area contributed by atoms with E-state index in [-0.39, 0.29) is 6.54 Å². The molecule has 0 fully saturated rings. The van der Waals surface area contributed by atoms with Gasteiger partial charge in [-0.15, -0.1) is 5.10 Å². The van der Waals surface area contributed by atoms with Gasteiger partial charge in [-0.05, 0) is 48.4 Å². The van der Waals surface area contributed by atoms with Crippen LogP contribution in [0.3, 0.4) is 0 Å². The van der Waals surface area contributed by atoms with E-state index in [2.05, 4.69) is 20.8 Å². The lowest BCUT2D eigenvalue weighted by molar-refractivity contribution is -0.153. The molecule has 0 aliphatic carbocycles. The molecule has 8 heteroatoms. The number of aryl methyl sites for hydroxylation is 2. The quantitative estimate of drug-likeness (QED) is 0.822. The average Bonchev–Trinajstić information content (AvgIpc) is 2.95. The summed E-state index contributed by atoms with van der Waals surface area (Å²) in [5, 5.41) is 13.1. The van der Waals surface area contributed by atoms with Crippen molar-refractivity contribution in [2.75, 3.05) is 5.32 Å². The van der Waals surface area contributed by atoms with Crippen LogP contribution >= 0.6 is 0 Å². The number of aromatic nitrogens is 4. The second-order valence-corrected chi connectivity index (χ2v) is 4.95. The van der Waals surface area contributed by atoms with E-state index in [1.165, 1.54) is 17.9 Å². The van der Waals surface area contributed by atoms with E-state index in [9.17, 15) is 9.59 Å². The Kier molecular flexibility index (Phi) is 4.82. The monoisotopic (exact) mass is 303 g/mol. The van der Waals surface area contributed by atoms with Crippen LogP contribution in [-0.4, -0.2) is 38.2 Å². The third-order valence-electron chi connectivity index (χ3n) is 3.01. The third-order valence-corrected chi connectivity index (χ3v) is 3.01. The Morgan fingerprint density at radius 1 is 1.36 bits per heavy atom. The molecule has 0 saturated heterocycles. The van der Waals surface area contributed by atoms with Crippen LogP contribution in [0.4, 0.5) is 5.69 Å². The van der Waals surface area contributed by atoms with Crippen molar-refractivity contribution in [1.82, 2.24) is 20.2 Å². The van der Waals surface area contributed by atoms with Crippen molar-refractivity contribution in [2.24, 2.45) is 0 Å². The maximum absolute atomic E-state index is 12.1. The lowest BCUT2D eigenvalue weighted by Gasteiger charge is -2.15. The lowest BCUT2D eigenvalue weighted by atomic mass is 10.1. The van der Waals surface area contributed by atoms with Gasteiger partial charge in [-0.3, -0.25) is 9.59 Å². The first kappa shape index (κ1) is 15.6. The number of tetrazole rings is 1. The summed E-state index contributed by atoms with van der Waals surface area (Å²) in [5.74, 6) is -0.977. The van der Waals surface area contributed by atoms with Crippen LogP contribution in [0.1, 0.15) is 18.1 Å². The number of carbonyl (C=O) groups is 2. The molecule has 8 nitrogen and oxygen atoms in total. The van der Waals surface area contributed by atoms with Gasteiger partial charge < -0.3 is 10.1 Å². The smallest absolute Gasteiger partial charge is 0.328 e. The second kappa shape index (κ2) is 6.79. The van der Waals surface area contributed by atoms with Crippen LogP contribution in [0.15, 0.2) is 24.5 Å². The number of benzene rings is 1. The number of hydrogen-bond donors (Lipinski definition) is 1. The van der Waals surface area contributed by atoms with Crippen molar-refractivity contribution in [3.63, 3.8) is 0 Å². The summed E-state index contributed by atoms with van der Waals surface area (Å²) in [4.78, 5) is 23.8. The zero-order valence-electron chi connectivity index (χ0n) is 12.6. The van der Waals surface area contributed by atoms with Gasteiger partial charge in [0.25, 0.3) is 5.91 Å². The zero-order chi connectivity index (χ0) is 16.1. The van der Waals surface area contributed by atoms with E-state index in [0.717, 1.165) is 11.1 Å². The van der Waals surface area contributed by atoms with Crippen molar-refractivity contribution in [3.05, 3.63) is 35.7 Å².